The largest absolute Gasteiger partial charge is 0.409 e. The van der Waals surface area contributed by atoms with Crippen molar-refractivity contribution in [3.8, 4) is 0 Å². The maximum absolute atomic E-state index is 8.67. The van der Waals surface area contributed by atoms with E-state index >= 15 is 0 Å². The zero-order valence-electron chi connectivity index (χ0n) is 13.3. The molecule has 120 valence electrons. The lowest BCUT2D eigenvalue weighted by Gasteiger charge is -2.24. The number of hydrogen-bond acceptors (Lipinski definition) is 4. The minimum absolute atomic E-state index is 0.266. The van der Waals surface area contributed by atoms with Crippen LogP contribution in [0.15, 0.2) is 9.63 Å². The number of nitrogens with zero attached hydrogens (tertiary/aromatic N) is 4. The molecule has 1 heterocycles. The standard InChI is InChI=1S/C14H26BrN5O/c1-5-11-14(15)12(19(4)17-11)9-20(8-10(2)3)7-6-13(16)18-21/h10,21H,5-9H2,1-4H3,(H2,16,18). The molecule has 6 nitrogen and oxygen atoms in total. The predicted molar refractivity (Wildman–Crippen MR) is 88.4 cm³/mol. The van der Waals surface area contributed by atoms with Gasteiger partial charge in [0.1, 0.15) is 5.84 Å². The van der Waals surface area contributed by atoms with Crippen molar-refractivity contribution in [3.05, 3.63) is 15.9 Å². The summed E-state index contributed by atoms with van der Waals surface area (Å²) in [6.07, 6.45) is 1.46. The third-order valence-corrected chi connectivity index (χ3v) is 4.23. The molecule has 0 atom stereocenters. The summed E-state index contributed by atoms with van der Waals surface area (Å²) in [5.74, 6) is 0.817. The van der Waals surface area contributed by atoms with Crippen LogP contribution in [0.25, 0.3) is 0 Å². The number of oxime groups is 1. The van der Waals surface area contributed by atoms with Gasteiger partial charge < -0.3 is 10.9 Å². The lowest BCUT2D eigenvalue weighted by molar-refractivity contribution is 0.234. The van der Waals surface area contributed by atoms with E-state index in [1.807, 2.05) is 11.7 Å². The topological polar surface area (TPSA) is 79.7 Å². The van der Waals surface area contributed by atoms with E-state index in [-0.39, 0.29) is 5.84 Å². The average molecular weight is 360 g/mol. The molecule has 0 bridgehead atoms. The molecule has 21 heavy (non-hydrogen) atoms. The van der Waals surface area contributed by atoms with Crippen LogP contribution in [-0.4, -0.2) is 38.8 Å². The van der Waals surface area contributed by atoms with Crippen LogP contribution in [0.2, 0.25) is 0 Å². The summed E-state index contributed by atoms with van der Waals surface area (Å²) in [6.45, 7) is 8.98. The van der Waals surface area contributed by atoms with Crippen molar-refractivity contribution in [3.63, 3.8) is 0 Å². The van der Waals surface area contributed by atoms with E-state index in [1.54, 1.807) is 0 Å². The maximum atomic E-state index is 8.67. The first-order valence-electron chi connectivity index (χ1n) is 7.28. The van der Waals surface area contributed by atoms with Gasteiger partial charge >= 0.3 is 0 Å². The van der Waals surface area contributed by atoms with Gasteiger partial charge in [0.05, 0.1) is 15.9 Å². The van der Waals surface area contributed by atoms with E-state index in [9.17, 15) is 0 Å². The Kier molecular flexibility index (Phi) is 7.17. The van der Waals surface area contributed by atoms with Crippen LogP contribution in [0, 0.1) is 5.92 Å². The predicted octanol–water partition coefficient (Wildman–Crippen LogP) is 2.34. The van der Waals surface area contributed by atoms with Crippen molar-refractivity contribution >= 4 is 21.8 Å². The second-order valence-corrected chi connectivity index (χ2v) is 6.45. The Morgan fingerprint density at radius 2 is 2.19 bits per heavy atom. The van der Waals surface area contributed by atoms with Crippen LogP contribution in [-0.2, 0) is 20.0 Å². The normalized spacial score (nSPS) is 12.6. The summed E-state index contributed by atoms with van der Waals surface area (Å²) < 4.78 is 3.02. The van der Waals surface area contributed by atoms with Crippen molar-refractivity contribution in [1.82, 2.24) is 14.7 Å². The molecule has 0 amide bonds. The second-order valence-electron chi connectivity index (χ2n) is 5.65. The molecule has 0 unspecified atom stereocenters. The number of hydrogen-bond donors (Lipinski definition) is 2. The lowest BCUT2D eigenvalue weighted by Crippen LogP contribution is -2.32. The quantitative estimate of drug-likeness (QED) is 0.323. The number of nitrogens with two attached hydrogens (primary N) is 1. The molecule has 7 heteroatoms. The minimum atomic E-state index is 0.266. The highest BCUT2D eigenvalue weighted by atomic mass is 79.9. The Morgan fingerprint density at radius 1 is 1.52 bits per heavy atom. The Labute approximate surface area is 135 Å². The zero-order valence-corrected chi connectivity index (χ0v) is 14.9. The van der Waals surface area contributed by atoms with E-state index in [2.05, 4.69) is 51.9 Å². The fourth-order valence-corrected chi connectivity index (χ4v) is 3.02. The molecule has 0 spiro atoms. The van der Waals surface area contributed by atoms with Crippen molar-refractivity contribution in [1.29, 1.82) is 0 Å². The van der Waals surface area contributed by atoms with Gasteiger partial charge in [0.25, 0.3) is 0 Å². The third kappa shape index (κ3) is 5.32. The summed E-state index contributed by atoms with van der Waals surface area (Å²) in [7, 11) is 1.97. The van der Waals surface area contributed by atoms with Crippen LogP contribution in [0.3, 0.4) is 0 Å². The van der Waals surface area contributed by atoms with Gasteiger partial charge in [0.2, 0.25) is 0 Å². The smallest absolute Gasteiger partial charge is 0.140 e. The SMILES string of the molecule is CCc1nn(C)c(CN(CCC(N)=NO)CC(C)C)c1Br. The molecule has 0 aromatic carbocycles. The summed E-state index contributed by atoms with van der Waals surface area (Å²) in [6, 6.07) is 0. The lowest BCUT2D eigenvalue weighted by atomic mass is 10.2. The van der Waals surface area contributed by atoms with Gasteiger partial charge in [-0.25, -0.2) is 0 Å². The Bertz CT molecular complexity index is 484. The maximum Gasteiger partial charge on any atom is 0.140 e. The van der Waals surface area contributed by atoms with Crippen LogP contribution < -0.4 is 5.73 Å². The van der Waals surface area contributed by atoms with Gasteiger partial charge in [-0.1, -0.05) is 25.9 Å². The zero-order chi connectivity index (χ0) is 16.0. The van der Waals surface area contributed by atoms with Crippen LogP contribution in [0.5, 0.6) is 0 Å². The molecule has 0 fully saturated rings. The minimum Gasteiger partial charge on any atom is -0.409 e. The molecule has 3 N–H and O–H groups in total. The first kappa shape index (κ1) is 18.0. The fraction of sp³-hybridized carbons (Fsp3) is 0.714. The van der Waals surface area contributed by atoms with E-state index in [0.717, 1.165) is 41.9 Å². The van der Waals surface area contributed by atoms with Crippen LogP contribution in [0.1, 0.15) is 38.6 Å². The second kappa shape index (κ2) is 8.38. The Morgan fingerprint density at radius 3 is 2.67 bits per heavy atom. The van der Waals surface area contributed by atoms with Gasteiger partial charge in [0, 0.05) is 33.1 Å². The summed E-state index contributed by atoms with van der Waals surface area (Å²) >= 11 is 3.65. The molecule has 0 saturated carbocycles. The van der Waals surface area contributed by atoms with Gasteiger partial charge in [-0.05, 0) is 28.3 Å². The summed E-state index contributed by atoms with van der Waals surface area (Å²) in [4.78, 5) is 2.31. The van der Waals surface area contributed by atoms with E-state index < -0.39 is 0 Å². The number of rotatable bonds is 8. The van der Waals surface area contributed by atoms with Crippen LogP contribution >= 0.6 is 15.9 Å². The molecule has 0 saturated heterocycles. The Balaban J connectivity index is 2.83. The summed E-state index contributed by atoms with van der Waals surface area (Å²) in [5.41, 5.74) is 7.81. The average Bonchev–Trinajstić information content (AvgIpc) is 2.71. The first-order valence-corrected chi connectivity index (χ1v) is 8.07. The summed E-state index contributed by atoms with van der Waals surface area (Å²) in [5, 5.41) is 16.2. The number of amidine groups is 1. The first-order chi connectivity index (χ1) is 9.88. The molecule has 0 aliphatic rings. The number of aryl methyl sites for hydroxylation is 2. The molecule has 1 rings (SSSR count). The molecule has 1 aromatic heterocycles. The highest BCUT2D eigenvalue weighted by Gasteiger charge is 2.17. The molecule has 0 aliphatic heterocycles. The molecule has 1 aromatic rings. The fourth-order valence-electron chi connectivity index (χ4n) is 2.28. The number of halogens is 1. The Hall–Kier alpha value is -1.08. The molecule has 0 radical (unpaired) electrons. The van der Waals surface area contributed by atoms with Crippen LogP contribution in [0.4, 0.5) is 0 Å². The van der Waals surface area contributed by atoms with Crippen molar-refractivity contribution < 1.29 is 5.21 Å². The van der Waals surface area contributed by atoms with Gasteiger partial charge in [-0.3, -0.25) is 9.58 Å². The molecular formula is C14H26BrN5O. The van der Waals surface area contributed by atoms with Gasteiger partial charge in [-0.2, -0.15) is 5.10 Å². The highest BCUT2D eigenvalue weighted by molar-refractivity contribution is 9.10. The highest BCUT2D eigenvalue weighted by Crippen LogP contribution is 2.23. The van der Waals surface area contributed by atoms with Crippen molar-refractivity contribution in [2.24, 2.45) is 23.9 Å². The third-order valence-electron chi connectivity index (χ3n) is 3.31. The van der Waals surface area contributed by atoms with Crippen molar-refractivity contribution in [2.45, 2.75) is 40.2 Å². The van der Waals surface area contributed by atoms with Gasteiger partial charge in [-0.15, -0.1) is 0 Å². The number of aromatic nitrogens is 2. The molecular weight excluding hydrogens is 334 g/mol. The monoisotopic (exact) mass is 359 g/mol. The molecule has 0 aliphatic carbocycles. The van der Waals surface area contributed by atoms with E-state index in [0.29, 0.717) is 12.3 Å². The van der Waals surface area contributed by atoms with Gasteiger partial charge in [0.15, 0.2) is 0 Å². The van der Waals surface area contributed by atoms with E-state index in [1.165, 1.54) is 0 Å². The van der Waals surface area contributed by atoms with E-state index in [4.69, 9.17) is 10.9 Å². The van der Waals surface area contributed by atoms with Crippen molar-refractivity contribution in [2.75, 3.05) is 13.1 Å².